The summed E-state index contributed by atoms with van der Waals surface area (Å²) in [6.45, 7) is 1.11. The molecule has 8 heteroatoms. The number of hydrogen-bond donors (Lipinski definition) is 1. The maximum atomic E-state index is 13.8. The molecule has 0 bridgehead atoms. The summed E-state index contributed by atoms with van der Waals surface area (Å²) in [6, 6.07) is 8.68. The van der Waals surface area contributed by atoms with Crippen molar-refractivity contribution in [1.29, 1.82) is 0 Å². The standard InChI is InChI=1S/C19H15BrF2N2O3/c1-2-19(11-3-5-12(20)6-4-11)17(26)24(18(27)23-19)10-16(25)14-8-7-13(21)9-15(14)22/h3-9H,2,10H2,1H3,(H,23,27). The summed E-state index contributed by atoms with van der Waals surface area (Å²) in [6.07, 6.45) is 0.273. The third-order valence-corrected chi connectivity index (χ3v) is 5.10. The van der Waals surface area contributed by atoms with Gasteiger partial charge < -0.3 is 5.32 Å². The van der Waals surface area contributed by atoms with Gasteiger partial charge in [0, 0.05) is 10.5 Å². The van der Waals surface area contributed by atoms with Crippen molar-refractivity contribution in [2.24, 2.45) is 0 Å². The Kier molecular flexibility index (Phi) is 5.10. The second-order valence-corrected chi connectivity index (χ2v) is 7.05. The van der Waals surface area contributed by atoms with E-state index in [0.29, 0.717) is 11.6 Å². The quantitative estimate of drug-likeness (QED) is 0.572. The predicted molar refractivity (Wildman–Crippen MR) is 97.0 cm³/mol. The highest BCUT2D eigenvalue weighted by Gasteiger charge is 2.51. The van der Waals surface area contributed by atoms with Crippen molar-refractivity contribution in [2.75, 3.05) is 6.54 Å². The third kappa shape index (κ3) is 3.37. The lowest BCUT2D eigenvalue weighted by atomic mass is 9.87. The predicted octanol–water partition coefficient (Wildman–Crippen LogP) is 3.77. The molecule has 0 radical (unpaired) electrons. The molecule has 3 amide bonds. The van der Waals surface area contributed by atoms with Crippen LogP contribution in [0.5, 0.6) is 0 Å². The van der Waals surface area contributed by atoms with E-state index in [1.807, 2.05) is 0 Å². The number of benzene rings is 2. The maximum Gasteiger partial charge on any atom is 0.325 e. The molecule has 27 heavy (non-hydrogen) atoms. The highest BCUT2D eigenvalue weighted by atomic mass is 79.9. The highest BCUT2D eigenvalue weighted by molar-refractivity contribution is 9.10. The first-order chi connectivity index (χ1) is 12.8. The number of nitrogens with zero attached hydrogens (tertiary/aromatic N) is 1. The first kappa shape index (κ1) is 19.2. The molecule has 1 fully saturated rings. The molecular formula is C19H15BrF2N2O3. The van der Waals surface area contributed by atoms with Crippen molar-refractivity contribution in [3.8, 4) is 0 Å². The minimum absolute atomic E-state index is 0.273. The highest BCUT2D eigenvalue weighted by Crippen LogP contribution is 2.33. The fourth-order valence-electron chi connectivity index (χ4n) is 3.09. The minimum atomic E-state index is -1.29. The van der Waals surface area contributed by atoms with Gasteiger partial charge in [-0.05, 0) is 36.2 Å². The van der Waals surface area contributed by atoms with Crippen molar-refractivity contribution in [2.45, 2.75) is 18.9 Å². The van der Waals surface area contributed by atoms with Crippen molar-refractivity contribution < 1.29 is 23.2 Å². The largest absolute Gasteiger partial charge is 0.325 e. The Balaban J connectivity index is 1.89. The molecule has 0 aliphatic carbocycles. The SMILES string of the molecule is CCC1(c2ccc(Br)cc2)NC(=O)N(CC(=O)c2ccc(F)cc2F)C1=O. The van der Waals surface area contributed by atoms with Crippen LogP contribution in [0, 0.1) is 11.6 Å². The molecule has 1 heterocycles. The lowest BCUT2D eigenvalue weighted by molar-refractivity contribution is -0.131. The number of imide groups is 1. The van der Waals surface area contributed by atoms with Crippen LogP contribution in [0.1, 0.15) is 29.3 Å². The lowest BCUT2D eigenvalue weighted by Crippen LogP contribution is -2.43. The van der Waals surface area contributed by atoms with Crippen LogP contribution in [0.2, 0.25) is 0 Å². The third-order valence-electron chi connectivity index (χ3n) is 4.58. The van der Waals surface area contributed by atoms with Gasteiger partial charge in [0.05, 0.1) is 12.1 Å². The molecule has 3 rings (SSSR count). The minimum Gasteiger partial charge on any atom is -0.319 e. The average Bonchev–Trinajstić information content (AvgIpc) is 2.87. The van der Waals surface area contributed by atoms with E-state index >= 15 is 0 Å². The zero-order chi connectivity index (χ0) is 19.8. The van der Waals surface area contributed by atoms with Crippen LogP contribution in [-0.4, -0.2) is 29.2 Å². The second kappa shape index (κ2) is 7.19. The number of halogens is 3. The Hall–Kier alpha value is -2.61. The zero-order valence-electron chi connectivity index (χ0n) is 14.3. The summed E-state index contributed by atoms with van der Waals surface area (Å²) in [4.78, 5) is 38.5. The van der Waals surface area contributed by atoms with E-state index < -0.39 is 41.4 Å². The molecule has 1 unspecified atom stereocenters. The van der Waals surface area contributed by atoms with Crippen LogP contribution < -0.4 is 5.32 Å². The van der Waals surface area contributed by atoms with Gasteiger partial charge in [-0.2, -0.15) is 0 Å². The number of urea groups is 1. The van der Waals surface area contributed by atoms with Gasteiger partial charge in [0.25, 0.3) is 5.91 Å². The van der Waals surface area contributed by atoms with Gasteiger partial charge in [-0.25, -0.2) is 13.6 Å². The summed E-state index contributed by atoms with van der Waals surface area (Å²) in [7, 11) is 0. The molecule has 1 N–H and O–H groups in total. The lowest BCUT2D eigenvalue weighted by Gasteiger charge is -2.25. The summed E-state index contributed by atoms with van der Waals surface area (Å²) in [5.41, 5.74) is -1.09. The average molecular weight is 437 g/mol. The van der Waals surface area contributed by atoms with Crippen molar-refractivity contribution >= 4 is 33.7 Å². The Morgan fingerprint density at radius 2 is 1.81 bits per heavy atom. The number of Topliss-reactive ketones (excluding diaryl/α,β-unsaturated/α-hetero) is 1. The first-order valence-corrected chi connectivity index (χ1v) is 8.96. The van der Waals surface area contributed by atoms with Crippen molar-refractivity contribution in [3.63, 3.8) is 0 Å². The first-order valence-electron chi connectivity index (χ1n) is 8.17. The fraction of sp³-hybridized carbons (Fsp3) is 0.211. The van der Waals surface area contributed by atoms with Crippen LogP contribution >= 0.6 is 15.9 Å². The van der Waals surface area contributed by atoms with Gasteiger partial charge >= 0.3 is 6.03 Å². The summed E-state index contributed by atoms with van der Waals surface area (Å²) in [5, 5.41) is 2.65. The maximum absolute atomic E-state index is 13.8. The number of ketones is 1. The van der Waals surface area contributed by atoms with Crippen molar-refractivity contribution in [3.05, 3.63) is 69.7 Å². The molecule has 2 aromatic carbocycles. The van der Waals surface area contributed by atoms with Crippen LogP contribution in [0.25, 0.3) is 0 Å². The molecule has 5 nitrogen and oxygen atoms in total. The van der Waals surface area contributed by atoms with E-state index in [9.17, 15) is 23.2 Å². The van der Waals surface area contributed by atoms with E-state index in [4.69, 9.17) is 0 Å². The van der Waals surface area contributed by atoms with Crippen LogP contribution in [0.3, 0.4) is 0 Å². The molecule has 140 valence electrons. The van der Waals surface area contributed by atoms with Crippen LogP contribution in [0.4, 0.5) is 13.6 Å². The molecule has 1 aliphatic rings. The Morgan fingerprint density at radius 1 is 1.15 bits per heavy atom. The van der Waals surface area contributed by atoms with Gasteiger partial charge in [0.15, 0.2) is 5.78 Å². The smallest absolute Gasteiger partial charge is 0.319 e. The second-order valence-electron chi connectivity index (χ2n) is 6.13. The molecule has 0 spiro atoms. The number of carbonyl (C=O) groups is 3. The normalized spacial score (nSPS) is 19.3. The van der Waals surface area contributed by atoms with E-state index in [2.05, 4.69) is 21.2 Å². The Bertz CT molecular complexity index is 933. The number of carbonyl (C=O) groups excluding carboxylic acids is 3. The topological polar surface area (TPSA) is 66.5 Å². The van der Waals surface area contributed by atoms with E-state index in [-0.39, 0.29) is 12.0 Å². The molecule has 1 atom stereocenters. The van der Waals surface area contributed by atoms with E-state index in [0.717, 1.165) is 21.5 Å². The Labute approximate surface area is 162 Å². The summed E-state index contributed by atoms with van der Waals surface area (Å²) >= 11 is 3.31. The van der Waals surface area contributed by atoms with Gasteiger partial charge in [-0.3, -0.25) is 14.5 Å². The molecule has 0 aromatic heterocycles. The number of hydrogen-bond acceptors (Lipinski definition) is 3. The van der Waals surface area contributed by atoms with Gasteiger partial charge in [0.2, 0.25) is 0 Å². The Morgan fingerprint density at radius 3 is 2.41 bits per heavy atom. The fourth-order valence-corrected chi connectivity index (χ4v) is 3.35. The number of nitrogens with one attached hydrogen (secondary N) is 1. The molecule has 1 aliphatic heterocycles. The monoisotopic (exact) mass is 436 g/mol. The van der Waals surface area contributed by atoms with Crippen LogP contribution in [-0.2, 0) is 10.3 Å². The molecular weight excluding hydrogens is 422 g/mol. The molecule has 2 aromatic rings. The zero-order valence-corrected chi connectivity index (χ0v) is 15.8. The van der Waals surface area contributed by atoms with Gasteiger partial charge in [-0.15, -0.1) is 0 Å². The van der Waals surface area contributed by atoms with E-state index in [1.165, 1.54) is 0 Å². The van der Waals surface area contributed by atoms with Crippen LogP contribution in [0.15, 0.2) is 46.9 Å². The van der Waals surface area contributed by atoms with Gasteiger partial charge in [-0.1, -0.05) is 35.0 Å². The van der Waals surface area contributed by atoms with Crippen molar-refractivity contribution in [1.82, 2.24) is 10.2 Å². The summed E-state index contributed by atoms with van der Waals surface area (Å²) in [5.74, 6) is -3.24. The summed E-state index contributed by atoms with van der Waals surface area (Å²) < 4.78 is 27.7. The number of rotatable bonds is 5. The molecule has 1 saturated heterocycles. The molecule has 0 saturated carbocycles. The number of amides is 3. The van der Waals surface area contributed by atoms with E-state index in [1.54, 1.807) is 31.2 Å². The van der Waals surface area contributed by atoms with Gasteiger partial charge in [0.1, 0.15) is 17.2 Å².